The highest BCUT2D eigenvalue weighted by Crippen LogP contribution is 2.30. The summed E-state index contributed by atoms with van der Waals surface area (Å²) in [6, 6.07) is 15.4. The number of rotatable bonds is 5. The van der Waals surface area contributed by atoms with Gasteiger partial charge in [0.1, 0.15) is 5.75 Å². The number of nitrogens with one attached hydrogen (secondary N) is 1. The molecule has 2 aromatic carbocycles. The lowest BCUT2D eigenvalue weighted by Gasteiger charge is -2.13. The van der Waals surface area contributed by atoms with Crippen LogP contribution < -0.4 is 10.1 Å². The summed E-state index contributed by atoms with van der Waals surface area (Å²) < 4.78 is 7.50. The fourth-order valence-electron chi connectivity index (χ4n) is 3.08. The third kappa shape index (κ3) is 4.07. The molecule has 6 nitrogen and oxygen atoms in total. The summed E-state index contributed by atoms with van der Waals surface area (Å²) in [4.78, 5) is 13.4. The zero-order chi connectivity index (χ0) is 20.4. The maximum atomic E-state index is 6.34. The Hall–Kier alpha value is -3.38. The van der Waals surface area contributed by atoms with E-state index in [1.807, 2.05) is 73.1 Å². The van der Waals surface area contributed by atoms with Gasteiger partial charge in [0, 0.05) is 34.2 Å². The Morgan fingerprint density at radius 1 is 1.00 bits per heavy atom. The van der Waals surface area contributed by atoms with Gasteiger partial charge in [0.15, 0.2) is 0 Å². The number of ether oxygens (including phenoxy) is 1. The molecule has 1 N–H and O–H groups in total. The van der Waals surface area contributed by atoms with Gasteiger partial charge < -0.3 is 14.6 Å². The summed E-state index contributed by atoms with van der Waals surface area (Å²) in [5, 5.41) is 3.91. The molecule has 0 unspecified atom stereocenters. The van der Waals surface area contributed by atoms with E-state index in [1.54, 1.807) is 13.4 Å². The van der Waals surface area contributed by atoms with Crippen LogP contribution in [0.3, 0.4) is 0 Å². The van der Waals surface area contributed by atoms with Crippen LogP contribution in [-0.4, -0.2) is 26.6 Å². The molecule has 0 saturated heterocycles. The smallest absolute Gasteiger partial charge is 0.227 e. The van der Waals surface area contributed by atoms with E-state index in [-0.39, 0.29) is 0 Å². The molecule has 0 spiro atoms. The molecule has 2 aromatic heterocycles. The Labute approximate surface area is 174 Å². The van der Waals surface area contributed by atoms with E-state index in [1.165, 1.54) is 0 Å². The second-order valence-corrected chi connectivity index (χ2v) is 7.04. The van der Waals surface area contributed by atoms with Crippen LogP contribution in [0.1, 0.15) is 11.4 Å². The highest BCUT2D eigenvalue weighted by molar-refractivity contribution is 6.33. The largest absolute Gasteiger partial charge is 0.494 e. The number of aromatic nitrogens is 4. The number of nitrogens with zero attached hydrogens (tertiary/aromatic N) is 4. The number of hydrogen-bond acceptors (Lipinski definition) is 5. The maximum absolute atomic E-state index is 6.34. The Balaban J connectivity index is 1.67. The predicted molar refractivity (Wildman–Crippen MR) is 115 cm³/mol. The lowest BCUT2D eigenvalue weighted by molar-refractivity contribution is 0.413. The van der Waals surface area contributed by atoms with Crippen LogP contribution >= 0.6 is 11.6 Å². The van der Waals surface area contributed by atoms with Crippen LogP contribution in [0.4, 0.5) is 11.6 Å². The van der Waals surface area contributed by atoms with E-state index in [4.69, 9.17) is 16.3 Å². The molecule has 4 rings (SSSR count). The molecule has 0 aliphatic rings. The molecule has 7 heteroatoms. The fraction of sp³-hybridized carbons (Fsp3) is 0.136. The molecule has 29 heavy (non-hydrogen) atoms. The first-order valence-corrected chi connectivity index (χ1v) is 9.48. The second-order valence-electron chi connectivity index (χ2n) is 6.63. The van der Waals surface area contributed by atoms with Crippen molar-refractivity contribution in [2.75, 3.05) is 12.4 Å². The van der Waals surface area contributed by atoms with Crippen molar-refractivity contribution < 1.29 is 4.74 Å². The van der Waals surface area contributed by atoms with E-state index in [2.05, 4.69) is 20.3 Å². The number of aryl methyl sites for hydroxylation is 2. The van der Waals surface area contributed by atoms with Crippen LogP contribution in [0.15, 0.2) is 61.1 Å². The Bertz CT molecular complexity index is 1170. The first kappa shape index (κ1) is 19.0. The number of anilines is 2. The van der Waals surface area contributed by atoms with Crippen LogP contribution in [0.25, 0.3) is 16.9 Å². The molecule has 4 aromatic rings. The molecular weight excluding hydrogens is 386 g/mol. The zero-order valence-corrected chi connectivity index (χ0v) is 17.1. The second kappa shape index (κ2) is 7.93. The van der Waals surface area contributed by atoms with Gasteiger partial charge in [-0.25, -0.2) is 15.0 Å². The van der Waals surface area contributed by atoms with Gasteiger partial charge in [-0.2, -0.15) is 0 Å². The monoisotopic (exact) mass is 405 g/mol. The van der Waals surface area contributed by atoms with E-state index in [9.17, 15) is 0 Å². The van der Waals surface area contributed by atoms with Crippen molar-refractivity contribution in [3.8, 4) is 22.7 Å². The molecule has 0 bridgehead atoms. The lowest BCUT2D eigenvalue weighted by atomic mass is 10.1. The molecule has 0 atom stereocenters. The highest BCUT2D eigenvalue weighted by Gasteiger charge is 2.11. The summed E-state index contributed by atoms with van der Waals surface area (Å²) in [6.07, 6.45) is 3.71. The molecule has 2 heterocycles. The minimum Gasteiger partial charge on any atom is -0.494 e. The Kier molecular flexibility index (Phi) is 5.18. The molecule has 0 radical (unpaired) electrons. The van der Waals surface area contributed by atoms with E-state index >= 15 is 0 Å². The van der Waals surface area contributed by atoms with Gasteiger partial charge in [-0.3, -0.25) is 0 Å². The molecule has 0 fully saturated rings. The summed E-state index contributed by atoms with van der Waals surface area (Å²) in [5.41, 5.74) is 5.14. The number of hydrogen-bond donors (Lipinski definition) is 1. The molecule has 146 valence electrons. The zero-order valence-electron chi connectivity index (χ0n) is 16.3. The minimum atomic E-state index is 0.494. The van der Waals surface area contributed by atoms with Gasteiger partial charge in [-0.1, -0.05) is 29.8 Å². The average Bonchev–Trinajstić information content (AvgIpc) is 3.14. The van der Waals surface area contributed by atoms with E-state index in [0.29, 0.717) is 16.7 Å². The van der Waals surface area contributed by atoms with E-state index in [0.717, 1.165) is 34.0 Å². The van der Waals surface area contributed by atoms with Crippen molar-refractivity contribution in [1.29, 1.82) is 0 Å². The van der Waals surface area contributed by atoms with Crippen LogP contribution in [0.2, 0.25) is 5.02 Å². The molecule has 0 aliphatic heterocycles. The van der Waals surface area contributed by atoms with Crippen LogP contribution in [0.5, 0.6) is 5.75 Å². The summed E-state index contributed by atoms with van der Waals surface area (Å²) in [6.45, 7) is 3.88. The summed E-state index contributed by atoms with van der Waals surface area (Å²) in [7, 11) is 1.64. The first-order valence-electron chi connectivity index (χ1n) is 9.10. The van der Waals surface area contributed by atoms with Crippen molar-refractivity contribution in [3.05, 3.63) is 77.5 Å². The van der Waals surface area contributed by atoms with Crippen LogP contribution in [-0.2, 0) is 0 Å². The standard InChI is InChI=1S/C22H20ClN5O/c1-14-10-19(17-6-4-5-7-18(17)23)27-22(25-14)26-16-8-9-20(21(11-16)29-3)28-12-15(2)24-13-28/h4-13H,1-3H3,(H,25,26,27). The van der Waals surface area contributed by atoms with Gasteiger partial charge in [0.2, 0.25) is 5.95 Å². The van der Waals surface area contributed by atoms with Crippen molar-refractivity contribution in [1.82, 2.24) is 19.5 Å². The van der Waals surface area contributed by atoms with Gasteiger partial charge in [0.25, 0.3) is 0 Å². The van der Waals surface area contributed by atoms with Crippen molar-refractivity contribution >= 4 is 23.2 Å². The van der Waals surface area contributed by atoms with E-state index < -0.39 is 0 Å². The minimum absolute atomic E-state index is 0.494. The van der Waals surface area contributed by atoms with Gasteiger partial charge in [-0.15, -0.1) is 0 Å². The fourth-order valence-corrected chi connectivity index (χ4v) is 3.31. The maximum Gasteiger partial charge on any atom is 0.227 e. The third-order valence-corrected chi connectivity index (χ3v) is 4.76. The number of methoxy groups -OCH3 is 1. The number of imidazole rings is 1. The first-order chi connectivity index (χ1) is 14.0. The molecule has 0 aliphatic carbocycles. The molecule has 0 saturated carbocycles. The lowest BCUT2D eigenvalue weighted by Crippen LogP contribution is -2.02. The SMILES string of the molecule is COc1cc(Nc2nc(C)cc(-c3ccccc3Cl)n2)ccc1-n1cnc(C)c1. The van der Waals surface area contributed by atoms with Gasteiger partial charge in [0.05, 0.1) is 30.5 Å². The Morgan fingerprint density at radius 3 is 2.55 bits per heavy atom. The molecule has 0 amide bonds. The predicted octanol–water partition coefficient (Wildman–Crippen LogP) is 5.35. The van der Waals surface area contributed by atoms with Crippen molar-refractivity contribution in [2.24, 2.45) is 0 Å². The quantitative estimate of drug-likeness (QED) is 0.484. The van der Waals surface area contributed by atoms with Crippen molar-refractivity contribution in [2.45, 2.75) is 13.8 Å². The van der Waals surface area contributed by atoms with Crippen LogP contribution in [0, 0.1) is 13.8 Å². The number of benzene rings is 2. The molecular formula is C22H20ClN5O. The normalized spacial score (nSPS) is 10.8. The summed E-state index contributed by atoms with van der Waals surface area (Å²) in [5.74, 6) is 1.21. The topological polar surface area (TPSA) is 64.9 Å². The third-order valence-electron chi connectivity index (χ3n) is 4.43. The summed E-state index contributed by atoms with van der Waals surface area (Å²) >= 11 is 6.34. The van der Waals surface area contributed by atoms with Gasteiger partial charge in [-0.05, 0) is 38.1 Å². The van der Waals surface area contributed by atoms with Crippen molar-refractivity contribution in [3.63, 3.8) is 0 Å². The number of halogens is 1. The average molecular weight is 406 g/mol. The Morgan fingerprint density at radius 2 is 1.83 bits per heavy atom. The highest BCUT2D eigenvalue weighted by atomic mass is 35.5. The van der Waals surface area contributed by atoms with Gasteiger partial charge >= 0.3 is 0 Å².